The van der Waals surface area contributed by atoms with E-state index in [1.807, 2.05) is 24.6 Å². The number of thioether (sulfide) groups is 1. The third-order valence-corrected chi connectivity index (χ3v) is 5.15. The molecule has 0 aliphatic heterocycles. The molecule has 3 rings (SSSR count). The number of hydrogen-bond donors (Lipinski definition) is 0. The monoisotopic (exact) mass is 357 g/mol. The fourth-order valence-corrected chi connectivity index (χ4v) is 3.51. The standard InChI is InChI=1S/C18H23N5OS/c1-5-23(6-2)15-9-7-14(8-10-15)17-19-20-18(22(17)4)25-12-16-11-13(3)21-24-16/h7-11H,5-6,12H2,1-4H3. The molecule has 25 heavy (non-hydrogen) atoms. The minimum atomic E-state index is 0.688. The van der Waals surface area contributed by atoms with Crippen LogP contribution in [0.15, 0.2) is 40.0 Å². The van der Waals surface area contributed by atoms with E-state index in [2.05, 4.69) is 58.4 Å². The summed E-state index contributed by atoms with van der Waals surface area (Å²) in [5, 5.41) is 13.4. The van der Waals surface area contributed by atoms with E-state index >= 15 is 0 Å². The van der Waals surface area contributed by atoms with E-state index in [4.69, 9.17) is 4.52 Å². The molecule has 2 aromatic heterocycles. The highest BCUT2D eigenvalue weighted by Gasteiger charge is 2.13. The number of aryl methyl sites for hydroxylation is 1. The molecule has 1 aromatic carbocycles. The van der Waals surface area contributed by atoms with Gasteiger partial charge in [0.25, 0.3) is 0 Å². The second-order valence-corrected chi connectivity index (χ2v) is 6.75. The van der Waals surface area contributed by atoms with E-state index in [1.54, 1.807) is 11.8 Å². The molecule has 132 valence electrons. The highest BCUT2D eigenvalue weighted by molar-refractivity contribution is 7.98. The fourth-order valence-electron chi connectivity index (χ4n) is 2.72. The average molecular weight is 357 g/mol. The summed E-state index contributed by atoms with van der Waals surface area (Å²) in [6.45, 7) is 8.25. The minimum absolute atomic E-state index is 0.688. The highest BCUT2D eigenvalue weighted by Crippen LogP contribution is 2.26. The molecule has 0 radical (unpaired) electrons. The molecule has 3 aromatic rings. The predicted octanol–water partition coefficient (Wildman–Crippen LogP) is 3.92. The van der Waals surface area contributed by atoms with Gasteiger partial charge in [-0.2, -0.15) is 0 Å². The van der Waals surface area contributed by atoms with E-state index in [0.29, 0.717) is 5.75 Å². The van der Waals surface area contributed by atoms with Crippen molar-refractivity contribution in [1.29, 1.82) is 0 Å². The van der Waals surface area contributed by atoms with Crippen LogP contribution in [-0.4, -0.2) is 33.0 Å². The summed E-state index contributed by atoms with van der Waals surface area (Å²) in [6, 6.07) is 10.4. The normalized spacial score (nSPS) is 11.0. The van der Waals surface area contributed by atoms with Gasteiger partial charge in [0.2, 0.25) is 0 Å². The topological polar surface area (TPSA) is 60.0 Å². The second kappa shape index (κ2) is 7.74. The zero-order chi connectivity index (χ0) is 17.8. The molecule has 0 saturated heterocycles. The van der Waals surface area contributed by atoms with Crippen molar-refractivity contribution < 1.29 is 4.52 Å². The molecule has 6 nitrogen and oxygen atoms in total. The molecule has 0 aliphatic carbocycles. The van der Waals surface area contributed by atoms with Crippen LogP contribution in [0.5, 0.6) is 0 Å². The van der Waals surface area contributed by atoms with Crippen LogP contribution in [0.25, 0.3) is 11.4 Å². The van der Waals surface area contributed by atoms with Crippen LogP contribution in [0.1, 0.15) is 25.3 Å². The van der Waals surface area contributed by atoms with Crippen LogP contribution in [0.2, 0.25) is 0 Å². The van der Waals surface area contributed by atoms with Crippen molar-refractivity contribution in [2.24, 2.45) is 7.05 Å². The van der Waals surface area contributed by atoms with E-state index in [1.165, 1.54) is 5.69 Å². The Morgan fingerprint density at radius 1 is 1.12 bits per heavy atom. The van der Waals surface area contributed by atoms with E-state index in [9.17, 15) is 0 Å². The maximum atomic E-state index is 5.24. The van der Waals surface area contributed by atoms with Crippen molar-refractivity contribution in [2.45, 2.75) is 31.7 Å². The zero-order valence-corrected chi connectivity index (χ0v) is 15.9. The first-order valence-electron chi connectivity index (χ1n) is 8.42. The van der Waals surface area contributed by atoms with Crippen LogP contribution in [0, 0.1) is 6.92 Å². The molecule has 0 spiro atoms. The molecule has 0 fully saturated rings. The van der Waals surface area contributed by atoms with E-state index in [0.717, 1.165) is 41.1 Å². The lowest BCUT2D eigenvalue weighted by Crippen LogP contribution is -2.21. The van der Waals surface area contributed by atoms with Gasteiger partial charge in [-0.3, -0.25) is 0 Å². The zero-order valence-electron chi connectivity index (χ0n) is 15.1. The summed E-state index contributed by atoms with van der Waals surface area (Å²) >= 11 is 1.59. The lowest BCUT2D eigenvalue weighted by molar-refractivity contribution is 0.391. The smallest absolute Gasteiger partial charge is 0.191 e. The van der Waals surface area contributed by atoms with Crippen molar-refractivity contribution in [1.82, 2.24) is 19.9 Å². The summed E-state index contributed by atoms with van der Waals surface area (Å²) in [7, 11) is 1.99. The van der Waals surface area contributed by atoms with Crippen LogP contribution in [-0.2, 0) is 12.8 Å². The van der Waals surface area contributed by atoms with Crippen LogP contribution in [0.3, 0.4) is 0 Å². The molecule has 0 aliphatic rings. The summed E-state index contributed by atoms with van der Waals surface area (Å²) in [5.74, 6) is 2.39. The molecule has 0 N–H and O–H groups in total. The van der Waals surface area contributed by atoms with Crippen molar-refractivity contribution >= 4 is 17.4 Å². The van der Waals surface area contributed by atoms with Crippen molar-refractivity contribution in [2.75, 3.05) is 18.0 Å². The van der Waals surface area contributed by atoms with Crippen molar-refractivity contribution in [3.05, 3.63) is 41.8 Å². The molecule has 2 heterocycles. The van der Waals surface area contributed by atoms with Gasteiger partial charge in [0.15, 0.2) is 11.0 Å². The first-order valence-corrected chi connectivity index (χ1v) is 9.40. The number of anilines is 1. The Morgan fingerprint density at radius 2 is 1.84 bits per heavy atom. The Kier molecular flexibility index (Phi) is 5.43. The quantitative estimate of drug-likeness (QED) is 0.597. The van der Waals surface area contributed by atoms with Gasteiger partial charge in [0.1, 0.15) is 5.76 Å². The lowest BCUT2D eigenvalue weighted by Gasteiger charge is -2.21. The van der Waals surface area contributed by atoms with Gasteiger partial charge in [-0.1, -0.05) is 16.9 Å². The molecule has 0 saturated carbocycles. The van der Waals surface area contributed by atoms with Gasteiger partial charge in [-0.25, -0.2) is 0 Å². The van der Waals surface area contributed by atoms with Gasteiger partial charge in [-0.15, -0.1) is 10.2 Å². The SMILES string of the molecule is CCN(CC)c1ccc(-c2nnc(SCc3cc(C)no3)n2C)cc1. The molecule has 7 heteroatoms. The third kappa shape index (κ3) is 3.87. The highest BCUT2D eigenvalue weighted by atomic mass is 32.2. The summed E-state index contributed by atoms with van der Waals surface area (Å²) in [5.41, 5.74) is 3.18. The summed E-state index contributed by atoms with van der Waals surface area (Å²) in [4.78, 5) is 2.32. The minimum Gasteiger partial charge on any atom is -0.372 e. The Balaban J connectivity index is 1.74. The lowest BCUT2D eigenvalue weighted by atomic mass is 10.2. The van der Waals surface area contributed by atoms with Crippen molar-refractivity contribution in [3.63, 3.8) is 0 Å². The Labute approximate surface area is 152 Å². The summed E-state index contributed by atoms with van der Waals surface area (Å²) in [6.07, 6.45) is 0. The molecular formula is C18H23N5OS. The first kappa shape index (κ1) is 17.5. The maximum absolute atomic E-state index is 5.24. The van der Waals surface area contributed by atoms with Crippen LogP contribution >= 0.6 is 11.8 Å². The molecule has 0 atom stereocenters. The molecular weight excluding hydrogens is 334 g/mol. The van der Waals surface area contributed by atoms with Gasteiger partial charge >= 0.3 is 0 Å². The Bertz CT molecular complexity index is 820. The van der Waals surface area contributed by atoms with E-state index in [-0.39, 0.29) is 0 Å². The fraction of sp³-hybridized carbons (Fsp3) is 0.389. The van der Waals surface area contributed by atoms with Gasteiger partial charge < -0.3 is 14.0 Å². The first-order chi connectivity index (χ1) is 12.1. The van der Waals surface area contributed by atoms with E-state index < -0.39 is 0 Å². The van der Waals surface area contributed by atoms with Crippen molar-refractivity contribution in [3.8, 4) is 11.4 Å². The second-order valence-electron chi connectivity index (χ2n) is 5.81. The maximum Gasteiger partial charge on any atom is 0.191 e. The summed E-state index contributed by atoms with van der Waals surface area (Å²) < 4.78 is 7.26. The Hall–Kier alpha value is -2.28. The molecule has 0 unspecified atom stereocenters. The molecule has 0 amide bonds. The Morgan fingerprint density at radius 3 is 2.44 bits per heavy atom. The number of aromatic nitrogens is 4. The predicted molar refractivity (Wildman–Crippen MR) is 101 cm³/mol. The van der Waals surface area contributed by atoms with Gasteiger partial charge in [0, 0.05) is 37.5 Å². The van der Waals surface area contributed by atoms with Crippen LogP contribution in [0.4, 0.5) is 5.69 Å². The molecule has 0 bridgehead atoms. The number of rotatable bonds is 7. The number of benzene rings is 1. The number of nitrogens with zero attached hydrogens (tertiary/aromatic N) is 5. The number of hydrogen-bond acceptors (Lipinski definition) is 6. The third-order valence-electron chi connectivity index (χ3n) is 4.11. The van der Waals surface area contributed by atoms with Gasteiger partial charge in [0.05, 0.1) is 11.4 Å². The average Bonchev–Trinajstić information content (AvgIpc) is 3.20. The van der Waals surface area contributed by atoms with Crippen LogP contribution < -0.4 is 4.90 Å². The largest absolute Gasteiger partial charge is 0.372 e. The van der Waals surface area contributed by atoms with Gasteiger partial charge in [-0.05, 0) is 45.0 Å².